The second kappa shape index (κ2) is 5.93. The fraction of sp³-hybridized carbons (Fsp3) is 0.158. The van der Waals surface area contributed by atoms with Crippen LogP contribution in [-0.4, -0.2) is 38.9 Å². The molecule has 25 heavy (non-hydrogen) atoms. The predicted molar refractivity (Wildman–Crippen MR) is 99.8 cm³/mol. The largest absolute Gasteiger partial charge is 0.347 e. The molecule has 126 valence electrons. The Morgan fingerprint density at radius 3 is 2.56 bits per heavy atom. The Kier molecular flexibility index (Phi) is 3.73. The average molecular weight is 353 g/mol. The molecule has 0 radical (unpaired) electrons. The van der Waals surface area contributed by atoms with Crippen LogP contribution in [0.4, 0.5) is 0 Å². The van der Waals surface area contributed by atoms with Gasteiger partial charge in [-0.15, -0.1) is 0 Å². The van der Waals surface area contributed by atoms with Crippen molar-refractivity contribution in [2.75, 3.05) is 14.1 Å². The fourth-order valence-electron chi connectivity index (χ4n) is 2.93. The average Bonchev–Trinajstić information content (AvgIpc) is 3.12. The highest BCUT2D eigenvalue weighted by atomic mass is 35.5. The van der Waals surface area contributed by atoms with Crippen LogP contribution < -0.4 is 0 Å². The standard InChI is InChI=1S/C19H17ClN4O/c1-22(2)18(25)12-24-17(13-7-9-14(20)10-8-13)11-23-16-6-4-3-5-15(16)21-19(23)24/h3-11H,12H2,1-2H3. The molecule has 0 fully saturated rings. The van der Waals surface area contributed by atoms with Gasteiger partial charge in [0.25, 0.3) is 0 Å². The number of rotatable bonds is 3. The maximum absolute atomic E-state index is 12.4. The van der Waals surface area contributed by atoms with E-state index in [1.54, 1.807) is 19.0 Å². The number of benzene rings is 2. The van der Waals surface area contributed by atoms with E-state index in [1.165, 1.54) is 0 Å². The van der Waals surface area contributed by atoms with Crippen LogP contribution in [0.15, 0.2) is 54.7 Å². The lowest BCUT2D eigenvalue weighted by Gasteiger charge is -2.13. The monoisotopic (exact) mass is 352 g/mol. The number of hydrogen-bond donors (Lipinski definition) is 0. The van der Waals surface area contributed by atoms with Crippen LogP contribution in [0.5, 0.6) is 0 Å². The molecule has 0 atom stereocenters. The number of hydrogen-bond acceptors (Lipinski definition) is 2. The summed E-state index contributed by atoms with van der Waals surface area (Å²) in [5.74, 6) is 0.765. The number of fused-ring (bicyclic) bond motifs is 3. The van der Waals surface area contributed by atoms with Gasteiger partial charge >= 0.3 is 0 Å². The van der Waals surface area contributed by atoms with Gasteiger partial charge in [-0.2, -0.15) is 0 Å². The van der Waals surface area contributed by atoms with Crippen molar-refractivity contribution in [3.63, 3.8) is 0 Å². The van der Waals surface area contributed by atoms with Crippen molar-refractivity contribution in [2.24, 2.45) is 0 Å². The van der Waals surface area contributed by atoms with Crippen molar-refractivity contribution in [1.82, 2.24) is 18.9 Å². The molecule has 0 bridgehead atoms. The van der Waals surface area contributed by atoms with E-state index in [0.717, 1.165) is 28.1 Å². The molecular weight excluding hydrogens is 336 g/mol. The van der Waals surface area contributed by atoms with Crippen LogP contribution in [0.25, 0.3) is 28.1 Å². The Bertz CT molecular complexity index is 1080. The molecule has 0 N–H and O–H groups in total. The molecule has 0 saturated heterocycles. The Balaban J connectivity index is 1.96. The Morgan fingerprint density at radius 2 is 1.84 bits per heavy atom. The summed E-state index contributed by atoms with van der Waals surface area (Å²) in [6, 6.07) is 15.6. The van der Waals surface area contributed by atoms with Crippen molar-refractivity contribution in [1.29, 1.82) is 0 Å². The molecule has 6 heteroatoms. The number of para-hydroxylation sites is 2. The minimum atomic E-state index is 0.0142. The summed E-state index contributed by atoms with van der Waals surface area (Å²) in [7, 11) is 3.51. The number of imidazole rings is 2. The van der Waals surface area contributed by atoms with Crippen LogP contribution in [0, 0.1) is 0 Å². The highest BCUT2D eigenvalue weighted by Gasteiger charge is 2.18. The number of carbonyl (C=O) groups is 1. The Morgan fingerprint density at radius 1 is 1.12 bits per heavy atom. The molecule has 4 aromatic rings. The van der Waals surface area contributed by atoms with Gasteiger partial charge in [0.05, 0.1) is 16.7 Å². The summed E-state index contributed by atoms with van der Waals surface area (Å²) >= 11 is 6.02. The number of aromatic nitrogens is 3. The SMILES string of the molecule is CN(C)C(=O)Cn1c(-c2ccc(Cl)cc2)cn2c3ccccc3nc12. The molecule has 0 aliphatic rings. The quantitative estimate of drug-likeness (QED) is 0.564. The van der Waals surface area contributed by atoms with E-state index in [0.29, 0.717) is 5.02 Å². The first-order chi connectivity index (χ1) is 12.0. The van der Waals surface area contributed by atoms with E-state index in [-0.39, 0.29) is 12.5 Å². The summed E-state index contributed by atoms with van der Waals surface area (Å²) in [6.07, 6.45) is 2.02. The number of amides is 1. The zero-order valence-corrected chi connectivity index (χ0v) is 14.7. The van der Waals surface area contributed by atoms with Gasteiger partial charge in [0.2, 0.25) is 11.7 Å². The van der Waals surface area contributed by atoms with Crippen molar-refractivity contribution in [2.45, 2.75) is 6.54 Å². The van der Waals surface area contributed by atoms with Gasteiger partial charge in [0, 0.05) is 25.3 Å². The van der Waals surface area contributed by atoms with E-state index in [1.807, 2.05) is 63.7 Å². The molecule has 0 saturated carbocycles. The first-order valence-corrected chi connectivity index (χ1v) is 8.35. The minimum Gasteiger partial charge on any atom is -0.347 e. The Hall–Kier alpha value is -2.79. The maximum atomic E-state index is 12.4. The normalized spacial score (nSPS) is 11.3. The first-order valence-electron chi connectivity index (χ1n) is 7.97. The van der Waals surface area contributed by atoms with Gasteiger partial charge < -0.3 is 9.47 Å². The molecule has 0 spiro atoms. The van der Waals surface area contributed by atoms with Crippen LogP contribution in [0.3, 0.4) is 0 Å². The molecular formula is C19H17ClN4O. The molecule has 1 amide bonds. The van der Waals surface area contributed by atoms with Crippen molar-refractivity contribution in [3.05, 3.63) is 59.8 Å². The smallest absolute Gasteiger partial charge is 0.242 e. The third-order valence-electron chi connectivity index (χ3n) is 4.29. The molecule has 2 aromatic carbocycles. The molecule has 4 rings (SSSR count). The molecule has 5 nitrogen and oxygen atoms in total. The second-order valence-electron chi connectivity index (χ2n) is 6.17. The number of halogens is 1. The lowest BCUT2D eigenvalue weighted by Crippen LogP contribution is -2.26. The van der Waals surface area contributed by atoms with Gasteiger partial charge in [-0.05, 0) is 29.8 Å². The highest BCUT2D eigenvalue weighted by molar-refractivity contribution is 6.30. The topological polar surface area (TPSA) is 42.5 Å². The molecule has 0 unspecified atom stereocenters. The minimum absolute atomic E-state index is 0.0142. The zero-order chi connectivity index (χ0) is 17.6. The van der Waals surface area contributed by atoms with E-state index >= 15 is 0 Å². The van der Waals surface area contributed by atoms with Crippen LogP contribution in [0.1, 0.15) is 0 Å². The first kappa shape index (κ1) is 15.7. The van der Waals surface area contributed by atoms with Gasteiger partial charge in [0.1, 0.15) is 6.54 Å². The third-order valence-corrected chi connectivity index (χ3v) is 4.54. The molecule has 2 heterocycles. The summed E-state index contributed by atoms with van der Waals surface area (Å²) in [4.78, 5) is 18.7. The van der Waals surface area contributed by atoms with Crippen LogP contribution in [0.2, 0.25) is 5.02 Å². The summed E-state index contributed by atoms with van der Waals surface area (Å²) in [6.45, 7) is 0.227. The van der Waals surface area contributed by atoms with Gasteiger partial charge in [-0.1, -0.05) is 35.9 Å². The van der Waals surface area contributed by atoms with E-state index in [2.05, 4.69) is 0 Å². The summed E-state index contributed by atoms with van der Waals surface area (Å²) in [5, 5.41) is 0.682. The van der Waals surface area contributed by atoms with Crippen LogP contribution >= 0.6 is 11.6 Å². The van der Waals surface area contributed by atoms with Crippen molar-refractivity contribution < 1.29 is 4.79 Å². The summed E-state index contributed by atoms with van der Waals surface area (Å²) < 4.78 is 3.98. The molecule has 2 aromatic heterocycles. The summed E-state index contributed by atoms with van der Waals surface area (Å²) in [5.41, 5.74) is 3.85. The Labute approximate surface area is 150 Å². The van der Waals surface area contributed by atoms with Crippen molar-refractivity contribution >= 4 is 34.3 Å². The van der Waals surface area contributed by atoms with Crippen molar-refractivity contribution in [3.8, 4) is 11.3 Å². The molecule has 0 aliphatic heterocycles. The zero-order valence-electron chi connectivity index (χ0n) is 14.0. The number of likely N-dealkylation sites (N-methyl/N-ethyl adjacent to an activating group) is 1. The third kappa shape index (κ3) is 2.66. The van der Waals surface area contributed by atoms with Gasteiger partial charge in [0.15, 0.2) is 0 Å². The fourth-order valence-corrected chi connectivity index (χ4v) is 3.06. The van der Waals surface area contributed by atoms with Gasteiger partial charge in [-0.25, -0.2) is 4.98 Å². The lowest BCUT2D eigenvalue weighted by atomic mass is 10.1. The number of carbonyl (C=O) groups excluding carboxylic acids is 1. The van der Waals surface area contributed by atoms with E-state index in [9.17, 15) is 4.79 Å². The maximum Gasteiger partial charge on any atom is 0.242 e. The van der Waals surface area contributed by atoms with Gasteiger partial charge in [-0.3, -0.25) is 9.20 Å². The highest BCUT2D eigenvalue weighted by Crippen LogP contribution is 2.27. The van der Waals surface area contributed by atoms with Crippen LogP contribution in [-0.2, 0) is 11.3 Å². The second-order valence-corrected chi connectivity index (χ2v) is 6.60. The van der Waals surface area contributed by atoms with E-state index in [4.69, 9.17) is 16.6 Å². The predicted octanol–water partition coefficient (Wildman–Crippen LogP) is 3.70. The van der Waals surface area contributed by atoms with E-state index < -0.39 is 0 Å². The number of nitrogens with zero attached hydrogens (tertiary/aromatic N) is 4. The molecule has 0 aliphatic carbocycles. The lowest BCUT2D eigenvalue weighted by molar-refractivity contribution is -0.129.